The molecule has 1 heterocycles. The Bertz CT molecular complexity index is 828. The van der Waals surface area contributed by atoms with Crippen molar-refractivity contribution in [1.82, 2.24) is 10.2 Å². The highest BCUT2D eigenvalue weighted by Gasteiger charge is 2.19. The number of rotatable bonds is 10. The van der Waals surface area contributed by atoms with Gasteiger partial charge >= 0.3 is 0 Å². The monoisotopic (exact) mass is 452 g/mol. The molecule has 1 fully saturated rings. The van der Waals surface area contributed by atoms with Crippen molar-refractivity contribution in [3.05, 3.63) is 58.1 Å². The summed E-state index contributed by atoms with van der Waals surface area (Å²) in [7, 11) is 1.62. The van der Waals surface area contributed by atoms with Gasteiger partial charge in [-0.05, 0) is 49.6 Å². The number of likely N-dealkylation sites (tertiary alicyclic amines) is 1. The molecule has 1 amide bonds. The number of methoxy groups -OCH3 is 1. The van der Waals surface area contributed by atoms with Crippen molar-refractivity contribution >= 4 is 29.9 Å². The lowest BCUT2D eigenvalue weighted by Gasteiger charge is -2.16. The minimum atomic E-state index is 0. The summed E-state index contributed by atoms with van der Waals surface area (Å²) in [4.78, 5) is 13.6. The Morgan fingerprint density at radius 1 is 1.17 bits per heavy atom. The topological polar surface area (TPSA) is 50.8 Å². The number of nitrogens with zero attached hydrogens (tertiary/aromatic N) is 1. The molecule has 5 nitrogen and oxygen atoms in total. The number of aryl methyl sites for hydroxylation is 1. The van der Waals surface area contributed by atoms with E-state index in [0.29, 0.717) is 36.1 Å². The molecular formula is C23H30Cl2N2O3. The van der Waals surface area contributed by atoms with Gasteiger partial charge in [-0.2, -0.15) is 0 Å². The van der Waals surface area contributed by atoms with Gasteiger partial charge in [0.1, 0.15) is 6.61 Å². The standard InChI is InChI=1S/C23H29ClN2O3.ClH/c1-17-6-8-18(9-7-17)16-29-23-20(24)13-19(14-21(23)28-2)15-25-10-4-12-26-11-3-5-22(26)27;/h6-9,13-14,25H,3-5,10-12,15-16H2,1-2H3;1H. The third kappa shape index (κ3) is 6.79. The molecule has 0 saturated carbocycles. The summed E-state index contributed by atoms with van der Waals surface area (Å²) in [6.07, 6.45) is 2.63. The first-order chi connectivity index (χ1) is 14.1. The van der Waals surface area contributed by atoms with Gasteiger partial charge in [0.15, 0.2) is 11.5 Å². The van der Waals surface area contributed by atoms with Gasteiger partial charge in [-0.3, -0.25) is 4.79 Å². The van der Waals surface area contributed by atoms with Crippen LogP contribution in [0.1, 0.15) is 36.0 Å². The maximum absolute atomic E-state index is 11.6. The normalized spacial score (nSPS) is 13.3. The Morgan fingerprint density at radius 2 is 1.93 bits per heavy atom. The number of hydrogen-bond donors (Lipinski definition) is 1. The van der Waals surface area contributed by atoms with Crippen LogP contribution in [0.25, 0.3) is 0 Å². The highest BCUT2D eigenvalue weighted by Crippen LogP contribution is 2.37. The maximum Gasteiger partial charge on any atom is 0.222 e. The third-order valence-electron chi connectivity index (χ3n) is 5.08. The summed E-state index contributed by atoms with van der Waals surface area (Å²) in [6.45, 7) is 5.74. The van der Waals surface area contributed by atoms with E-state index in [1.165, 1.54) is 5.56 Å². The zero-order valence-electron chi connectivity index (χ0n) is 17.6. The lowest BCUT2D eigenvalue weighted by Crippen LogP contribution is -2.28. The Kier molecular flexibility index (Phi) is 9.76. The summed E-state index contributed by atoms with van der Waals surface area (Å²) >= 11 is 6.47. The fourth-order valence-corrected chi connectivity index (χ4v) is 3.71. The smallest absolute Gasteiger partial charge is 0.222 e. The van der Waals surface area contributed by atoms with Gasteiger partial charge < -0.3 is 19.7 Å². The van der Waals surface area contributed by atoms with E-state index in [1.54, 1.807) is 7.11 Å². The van der Waals surface area contributed by atoms with E-state index in [-0.39, 0.29) is 18.3 Å². The first kappa shape index (κ1) is 24.3. The molecule has 7 heteroatoms. The highest BCUT2D eigenvalue weighted by atomic mass is 35.5. The van der Waals surface area contributed by atoms with Gasteiger partial charge in [-0.25, -0.2) is 0 Å². The number of carbonyl (C=O) groups is 1. The zero-order valence-corrected chi connectivity index (χ0v) is 19.2. The van der Waals surface area contributed by atoms with Crippen molar-refractivity contribution in [3.63, 3.8) is 0 Å². The molecule has 3 rings (SSSR count). The average Bonchev–Trinajstić information content (AvgIpc) is 3.12. The SMILES string of the molecule is COc1cc(CNCCCN2CCCC2=O)cc(Cl)c1OCc1ccc(C)cc1.Cl. The van der Waals surface area contributed by atoms with Gasteiger partial charge in [0, 0.05) is 26.1 Å². The van der Waals surface area contributed by atoms with E-state index in [2.05, 4.69) is 24.4 Å². The van der Waals surface area contributed by atoms with Crippen molar-refractivity contribution in [3.8, 4) is 11.5 Å². The third-order valence-corrected chi connectivity index (χ3v) is 5.36. The molecule has 0 aliphatic carbocycles. The lowest BCUT2D eigenvalue weighted by atomic mass is 10.1. The van der Waals surface area contributed by atoms with Gasteiger partial charge in [0.25, 0.3) is 0 Å². The zero-order chi connectivity index (χ0) is 20.6. The molecule has 0 spiro atoms. The second kappa shape index (κ2) is 12.0. The summed E-state index contributed by atoms with van der Waals surface area (Å²) in [5.74, 6) is 1.47. The second-order valence-corrected chi connectivity index (χ2v) is 7.81. The number of halogens is 2. The van der Waals surface area contributed by atoms with Crippen molar-refractivity contribution in [2.24, 2.45) is 0 Å². The number of hydrogen-bond acceptors (Lipinski definition) is 4. The molecule has 1 aliphatic heterocycles. The molecule has 2 aromatic carbocycles. The molecule has 1 aliphatic rings. The molecule has 0 unspecified atom stereocenters. The van der Waals surface area contributed by atoms with Crippen molar-refractivity contribution in [1.29, 1.82) is 0 Å². The molecule has 30 heavy (non-hydrogen) atoms. The molecule has 0 bridgehead atoms. The van der Waals surface area contributed by atoms with E-state index in [4.69, 9.17) is 21.1 Å². The van der Waals surface area contributed by atoms with Crippen molar-refractivity contribution < 1.29 is 14.3 Å². The van der Waals surface area contributed by atoms with Crippen LogP contribution in [0.3, 0.4) is 0 Å². The second-order valence-electron chi connectivity index (χ2n) is 7.40. The fraction of sp³-hybridized carbons (Fsp3) is 0.435. The quantitative estimate of drug-likeness (QED) is 0.527. The first-order valence-corrected chi connectivity index (χ1v) is 10.5. The predicted octanol–water partition coefficient (Wildman–Crippen LogP) is 4.76. The van der Waals surface area contributed by atoms with Crippen LogP contribution in [0.5, 0.6) is 11.5 Å². The molecule has 1 saturated heterocycles. The highest BCUT2D eigenvalue weighted by molar-refractivity contribution is 6.32. The van der Waals surface area contributed by atoms with E-state index in [1.807, 2.05) is 29.2 Å². The Labute approximate surface area is 190 Å². The minimum absolute atomic E-state index is 0. The molecule has 0 radical (unpaired) electrons. The predicted molar refractivity (Wildman–Crippen MR) is 123 cm³/mol. The number of ether oxygens (including phenoxy) is 2. The minimum Gasteiger partial charge on any atom is -0.493 e. The number of benzene rings is 2. The van der Waals surface area contributed by atoms with Crippen LogP contribution < -0.4 is 14.8 Å². The summed E-state index contributed by atoms with van der Waals surface area (Å²) in [5, 5.41) is 3.95. The fourth-order valence-electron chi connectivity index (χ4n) is 3.42. The Balaban J connectivity index is 0.00000320. The Morgan fingerprint density at radius 3 is 2.60 bits per heavy atom. The largest absolute Gasteiger partial charge is 0.493 e. The van der Waals surface area contributed by atoms with Crippen LogP contribution >= 0.6 is 24.0 Å². The molecule has 164 valence electrons. The van der Waals surface area contributed by atoms with Crippen LogP contribution in [-0.2, 0) is 17.9 Å². The van der Waals surface area contributed by atoms with Crippen LogP contribution in [0.4, 0.5) is 0 Å². The molecule has 0 atom stereocenters. The van der Waals surface area contributed by atoms with Crippen molar-refractivity contribution in [2.45, 2.75) is 39.3 Å². The van der Waals surface area contributed by atoms with Gasteiger partial charge in [0.05, 0.1) is 12.1 Å². The van der Waals surface area contributed by atoms with E-state index in [0.717, 1.165) is 43.6 Å². The van der Waals surface area contributed by atoms with Crippen LogP contribution in [0.2, 0.25) is 5.02 Å². The average molecular weight is 453 g/mol. The summed E-state index contributed by atoms with van der Waals surface area (Å²) in [6, 6.07) is 12.1. The molecule has 2 aromatic rings. The number of carbonyl (C=O) groups excluding carboxylic acids is 1. The summed E-state index contributed by atoms with van der Waals surface area (Å²) in [5.41, 5.74) is 3.33. The van der Waals surface area contributed by atoms with Gasteiger partial charge in [-0.1, -0.05) is 41.4 Å². The number of nitrogens with one attached hydrogen (secondary N) is 1. The number of amides is 1. The van der Waals surface area contributed by atoms with Crippen LogP contribution in [0.15, 0.2) is 36.4 Å². The molecular weight excluding hydrogens is 423 g/mol. The van der Waals surface area contributed by atoms with Gasteiger partial charge in [0.2, 0.25) is 5.91 Å². The van der Waals surface area contributed by atoms with Crippen LogP contribution in [-0.4, -0.2) is 37.6 Å². The maximum atomic E-state index is 11.6. The molecule has 1 N–H and O–H groups in total. The first-order valence-electron chi connectivity index (χ1n) is 10.1. The van der Waals surface area contributed by atoms with E-state index >= 15 is 0 Å². The lowest BCUT2D eigenvalue weighted by molar-refractivity contribution is -0.127. The Hall–Kier alpha value is -1.95. The van der Waals surface area contributed by atoms with Crippen LogP contribution in [0, 0.1) is 6.92 Å². The summed E-state index contributed by atoms with van der Waals surface area (Å²) < 4.78 is 11.4. The van der Waals surface area contributed by atoms with E-state index < -0.39 is 0 Å². The molecule has 0 aromatic heterocycles. The van der Waals surface area contributed by atoms with Gasteiger partial charge in [-0.15, -0.1) is 12.4 Å². The van der Waals surface area contributed by atoms with E-state index in [9.17, 15) is 4.79 Å². The van der Waals surface area contributed by atoms with Crippen molar-refractivity contribution in [2.75, 3.05) is 26.7 Å².